The van der Waals surface area contributed by atoms with E-state index in [4.69, 9.17) is 0 Å². The summed E-state index contributed by atoms with van der Waals surface area (Å²) in [5.74, 6) is -0.451. The van der Waals surface area contributed by atoms with E-state index in [1.165, 1.54) is 13.2 Å². The monoisotopic (exact) mass is 382 g/mol. The predicted molar refractivity (Wildman–Crippen MR) is 101 cm³/mol. The van der Waals surface area contributed by atoms with Gasteiger partial charge in [0.15, 0.2) is 0 Å². The fourth-order valence-corrected chi connectivity index (χ4v) is 2.94. The molecule has 28 heavy (non-hydrogen) atoms. The number of nitrogens with zero attached hydrogens (tertiary/aromatic N) is 3. The number of carbonyl (C=O) groups is 2. The van der Waals surface area contributed by atoms with Crippen molar-refractivity contribution >= 4 is 28.6 Å². The Bertz CT molecular complexity index is 1070. The van der Waals surface area contributed by atoms with Crippen LogP contribution in [-0.2, 0) is 11.3 Å². The lowest BCUT2D eigenvalue weighted by atomic mass is 10.1. The number of nitro benzene ring substituents is 1. The van der Waals surface area contributed by atoms with E-state index < -0.39 is 16.8 Å². The first kappa shape index (κ1) is 19.0. The van der Waals surface area contributed by atoms with Crippen molar-refractivity contribution in [2.24, 2.45) is 0 Å². The minimum absolute atomic E-state index is 0.0156. The number of nitrogens with one attached hydrogen (secondary N) is 1. The van der Waals surface area contributed by atoms with Crippen LogP contribution in [0.5, 0.6) is 0 Å². The molecule has 0 bridgehead atoms. The fraction of sp³-hybridized carbons (Fsp3) is 0.211. The van der Waals surface area contributed by atoms with Crippen LogP contribution in [0.4, 0.5) is 5.69 Å². The van der Waals surface area contributed by atoms with E-state index in [0.717, 1.165) is 29.0 Å². The minimum Gasteiger partial charge on any atom is -0.465 e. The summed E-state index contributed by atoms with van der Waals surface area (Å²) >= 11 is 0. The summed E-state index contributed by atoms with van der Waals surface area (Å²) in [4.78, 5) is 39.0. The number of aryl methyl sites for hydroxylation is 1. The van der Waals surface area contributed by atoms with Crippen molar-refractivity contribution < 1.29 is 19.2 Å². The number of carbonyl (C=O) groups excluding carboxylic acids is 2. The molecular formula is C19H18N4O5. The summed E-state index contributed by atoms with van der Waals surface area (Å²) in [6.45, 7) is 2.65. The third-order valence-corrected chi connectivity index (χ3v) is 4.28. The first-order valence-electron chi connectivity index (χ1n) is 8.48. The number of fused-ring (bicyclic) bond motifs is 1. The maximum Gasteiger partial charge on any atom is 0.338 e. The van der Waals surface area contributed by atoms with Gasteiger partial charge >= 0.3 is 5.97 Å². The fourth-order valence-electron chi connectivity index (χ4n) is 2.94. The van der Waals surface area contributed by atoms with Crippen LogP contribution in [0.15, 0.2) is 42.5 Å². The summed E-state index contributed by atoms with van der Waals surface area (Å²) in [5, 5.41) is 13.8. The lowest BCUT2D eigenvalue weighted by Gasteiger charge is -2.09. The number of hydrogen-bond acceptors (Lipinski definition) is 6. The number of aromatic nitrogens is 2. The number of ether oxygens (including phenoxy) is 1. The van der Waals surface area contributed by atoms with Gasteiger partial charge in [0, 0.05) is 30.8 Å². The zero-order chi connectivity index (χ0) is 20.3. The molecule has 1 aromatic heterocycles. The Morgan fingerprint density at radius 2 is 1.93 bits per heavy atom. The molecule has 0 saturated carbocycles. The van der Waals surface area contributed by atoms with Crippen LogP contribution in [0, 0.1) is 17.0 Å². The van der Waals surface area contributed by atoms with E-state index in [1.54, 1.807) is 0 Å². The van der Waals surface area contributed by atoms with Crippen molar-refractivity contribution in [1.82, 2.24) is 14.9 Å². The number of imidazole rings is 1. The SMILES string of the molecule is COC(=O)c1cc(C(=O)NCCn2c(C)nc3ccccc32)cc([N+](=O)[O-])c1. The third-order valence-electron chi connectivity index (χ3n) is 4.28. The van der Waals surface area contributed by atoms with Crippen LogP contribution < -0.4 is 5.32 Å². The standard InChI is InChI=1S/C19H18N4O5/c1-12-21-16-5-3-4-6-17(16)22(12)8-7-20-18(24)13-9-14(19(25)28-2)11-15(10-13)23(26)27/h3-6,9-11H,7-8H2,1-2H3,(H,20,24). The van der Waals surface area contributed by atoms with Gasteiger partial charge in [-0.25, -0.2) is 9.78 Å². The van der Waals surface area contributed by atoms with Gasteiger partial charge in [0.1, 0.15) is 5.82 Å². The van der Waals surface area contributed by atoms with Crippen molar-refractivity contribution in [3.8, 4) is 0 Å². The van der Waals surface area contributed by atoms with E-state index >= 15 is 0 Å². The largest absolute Gasteiger partial charge is 0.465 e. The maximum atomic E-state index is 12.4. The molecule has 0 saturated heterocycles. The summed E-state index contributed by atoms with van der Waals surface area (Å²) in [6.07, 6.45) is 0. The molecule has 9 nitrogen and oxygen atoms in total. The van der Waals surface area contributed by atoms with Crippen molar-refractivity contribution in [1.29, 1.82) is 0 Å². The molecule has 2 aromatic carbocycles. The van der Waals surface area contributed by atoms with E-state index in [2.05, 4.69) is 15.0 Å². The molecule has 0 aliphatic rings. The number of nitro groups is 1. The number of para-hydroxylation sites is 2. The molecule has 144 valence electrons. The Hall–Kier alpha value is -3.75. The molecule has 1 heterocycles. The van der Waals surface area contributed by atoms with Crippen LogP contribution in [0.3, 0.4) is 0 Å². The Kier molecular flexibility index (Phi) is 5.35. The van der Waals surface area contributed by atoms with Crippen molar-refractivity contribution in [3.63, 3.8) is 0 Å². The number of hydrogen-bond donors (Lipinski definition) is 1. The zero-order valence-electron chi connectivity index (χ0n) is 15.3. The van der Waals surface area contributed by atoms with Gasteiger partial charge in [-0.15, -0.1) is 0 Å². The van der Waals surface area contributed by atoms with Crippen molar-refractivity contribution in [2.75, 3.05) is 13.7 Å². The van der Waals surface area contributed by atoms with Gasteiger partial charge in [0.25, 0.3) is 11.6 Å². The number of methoxy groups -OCH3 is 1. The molecule has 1 N–H and O–H groups in total. The number of esters is 1. The first-order chi connectivity index (χ1) is 13.4. The second kappa shape index (κ2) is 7.87. The van der Waals surface area contributed by atoms with E-state index in [-0.39, 0.29) is 23.4 Å². The quantitative estimate of drug-likeness (QED) is 0.398. The molecule has 0 aliphatic carbocycles. The van der Waals surface area contributed by atoms with Gasteiger partial charge < -0.3 is 14.6 Å². The molecule has 9 heteroatoms. The van der Waals surface area contributed by atoms with Crippen LogP contribution in [-0.4, -0.2) is 40.0 Å². The molecule has 1 amide bonds. The van der Waals surface area contributed by atoms with Gasteiger partial charge in [-0.2, -0.15) is 0 Å². The highest BCUT2D eigenvalue weighted by Crippen LogP contribution is 2.18. The molecule has 3 rings (SSSR count). The Labute approximate surface area is 160 Å². The number of non-ortho nitro benzene ring substituents is 1. The lowest BCUT2D eigenvalue weighted by molar-refractivity contribution is -0.384. The summed E-state index contributed by atoms with van der Waals surface area (Å²) in [6, 6.07) is 11.1. The molecule has 0 spiro atoms. The van der Waals surface area contributed by atoms with Crippen LogP contribution in [0.2, 0.25) is 0 Å². The van der Waals surface area contributed by atoms with Crippen molar-refractivity contribution in [3.05, 3.63) is 69.5 Å². The van der Waals surface area contributed by atoms with Crippen LogP contribution >= 0.6 is 0 Å². The Morgan fingerprint density at radius 3 is 2.64 bits per heavy atom. The highest BCUT2D eigenvalue weighted by atomic mass is 16.6. The highest BCUT2D eigenvalue weighted by molar-refractivity contribution is 5.99. The highest BCUT2D eigenvalue weighted by Gasteiger charge is 2.18. The molecule has 0 atom stereocenters. The van der Waals surface area contributed by atoms with Crippen LogP contribution in [0.1, 0.15) is 26.5 Å². The predicted octanol–water partition coefficient (Wildman–Crippen LogP) is 2.47. The number of benzene rings is 2. The lowest BCUT2D eigenvalue weighted by Crippen LogP contribution is -2.27. The minimum atomic E-state index is -0.752. The normalized spacial score (nSPS) is 10.6. The molecule has 3 aromatic rings. The second-order valence-electron chi connectivity index (χ2n) is 6.07. The van der Waals surface area contributed by atoms with Gasteiger partial charge in [0.2, 0.25) is 0 Å². The molecule has 0 unspecified atom stereocenters. The third kappa shape index (κ3) is 3.83. The van der Waals surface area contributed by atoms with Crippen LogP contribution in [0.25, 0.3) is 11.0 Å². The van der Waals surface area contributed by atoms with Gasteiger partial charge in [-0.1, -0.05) is 12.1 Å². The zero-order valence-corrected chi connectivity index (χ0v) is 15.3. The van der Waals surface area contributed by atoms with E-state index in [0.29, 0.717) is 6.54 Å². The summed E-state index contributed by atoms with van der Waals surface area (Å²) in [5.41, 5.74) is 1.43. The molecular weight excluding hydrogens is 364 g/mol. The average Bonchev–Trinajstić information content (AvgIpc) is 3.02. The second-order valence-corrected chi connectivity index (χ2v) is 6.07. The van der Waals surface area contributed by atoms with E-state index in [9.17, 15) is 19.7 Å². The van der Waals surface area contributed by atoms with Gasteiger partial charge in [-0.05, 0) is 25.1 Å². The van der Waals surface area contributed by atoms with E-state index in [1.807, 2.05) is 35.8 Å². The topological polar surface area (TPSA) is 116 Å². The smallest absolute Gasteiger partial charge is 0.338 e. The first-order valence-corrected chi connectivity index (χ1v) is 8.48. The van der Waals surface area contributed by atoms with Gasteiger partial charge in [-0.3, -0.25) is 14.9 Å². The molecule has 0 fully saturated rings. The summed E-state index contributed by atoms with van der Waals surface area (Å²) < 4.78 is 6.56. The van der Waals surface area contributed by atoms with Crippen molar-refractivity contribution in [2.45, 2.75) is 13.5 Å². The Morgan fingerprint density at radius 1 is 1.21 bits per heavy atom. The van der Waals surface area contributed by atoms with Gasteiger partial charge in [0.05, 0.1) is 28.6 Å². The molecule has 0 aliphatic heterocycles. The Balaban J connectivity index is 1.75. The number of rotatable bonds is 6. The summed E-state index contributed by atoms with van der Waals surface area (Å²) in [7, 11) is 1.17. The number of amides is 1. The molecule has 0 radical (unpaired) electrons. The average molecular weight is 382 g/mol. The maximum absolute atomic E-state index is 12.4.